The average molecular weight is 260 g/mol. The third kappa shape index (κ3) is 4.96. The predicted octanol–water partition coefficient (Wildman–Crippen LogP) is 3.10. The second-order valence-corrected chi connectivity index (χ2v) is 4.28. The zero-order valence-corrected chi connectivity index (χ0v) is 10.5. The topological polar surface area (TPSA) is 29.3 Å². The molecule has 0 atom stereocenters. The standard InChI is InChI=1S/C13H19F3N2/c1-11-5-2-3-6-12(11)18(9-4-8-17)10-7-13(14,15)16/h2-3,5-6H,4,7-10,17H2,1H3. The Kier molecular flexibility index (Phi) is 5.47. The van der Waals surface area contributed by atoms with Gasteiger partial charge in [0.25, 0.3) is 0 Å². The quantitative estimate of drug-likeness (QED) is 0.851. The third-order valence-corrected chi connectivity index (χ3v) is 2.75. The lowest BCUT2D eigenvalue weighted by atomic mass is 10.1. The smallest absolute Gasteiger partial charge is 0.371 e. The van der Waals surface area contributed by atoms with Crippen molar-refractivity contribution in [2.75, 3.05) is 24.5 Å². The molecule has 0 heterocycles. The van der Waals surface area contributed by atoms with E-state index in [9.17, 15) is 13.2 Å². The van der Waals surface area contributed by atoms with E-state index in [-0.39, 0.29) is 6.54 Å². The Morgan fingerprint density at radius 1 is 1.17 bits per heavy atom. The first-order valence-electron chi connectivity index (χ1n) is 6.01. The Hall–Kier alpha value is -1.23. The molecule has 1 aromatic carbocycles. The van der Waals surface area contributed by atoms with Crippen molar-refractivity contribution in [3.8, 4) is 0 Å². The maximum atomic E-state index is 12.3. The van der Waals surface area contributed by atoms with E-state index in [2.05, 4.69) is 0 Å². The zero-order valence-electron chi connectivity index (χ0n) is 10.5. The van der Waals surface area contributed by atoms with Crippen LogP contribution in [0.5, 0.6) is 0 Å². The predicted molar refractivity (Wildman–Crippen MR) is 67.7 cm³/mol. The Labute approximate surface area is 106 Å². The van der Waals surface area contributed by atoms with Gasteiger partial charge in [0.1, 0.15) is 0 Å². The Morgan fingerprint density at radius 2 is 1.83 bits per heavy atom. The van der Waals surface area contributed by atoms with Gasteiger partial charge in [-0.05, 0) is 31.5 Å². The van der Waals surface area contributed by atoms with Gasteiger partial charge in [0.2, 0.25) is 0 Å². The summed E-state index contributed by atoms with van der Waals surface area (Å²) in [5.41, 5.74) is 7.27. The molecule has 0 aromatic heterocycles. The average Bonchev–Trinajstić information content (AvgIpc) is 2.29. The number of aryl methyl sites for hydroxylation is 1. The van der Waals surface area contributed by atoms with Gasteiger partial charge in [-0.1, -0.05) is 18.2 Å². The minimum absolute atomic E-state index is 0.0195. The van der Waals surface area contributed by atoms with Crippen molar-refractivity contribution in [1.29, 1.82) is 0 Å². The number of halogens is 3. The van der Waals surface area contributed by atoms with Crippen molar-refractivity contribution >= 4 is 5.69 Å². The van der Waals surface area contributed by atoms with Crippen molar-refractivity contribution in [1.82, 2.24) is 0 Å². The summed E-state index contributed by atoms with van der Waals surface area (Å²) < 4.78 is 36.9. The van der Waals surface area contributed by atoms with Gasteiger partial charge in [-0.25, -0.2) is 0 Å². The highest BCUT2D eigenvalue weighted by molar-refractivity contribution is 5.52. The van der Waals surface area contributed by atoms with Crippen molar-refractivity contribution in [2.45, 2.75) is 25.9 Å². The van der Waals surface area contributed by atoms with Crippen LogP contribution in [0.2, 0.25) is 0 Å². The van der Waals surface area contributed by atoms with Crippen LogP contribution in [-0.4, -0.2) is 25.8 Å². The number of hydrogen-bond donors (Lipinski definition) is 1. The summed E-state index contributed by atoms with van der Waals surface area (Å²) in [6.45, 7) is 2.92. The molecule has 0 aliphatic carbocycles. The molecule has 0 saturated carbocycles. The normalized spacial score (nSPS) is 11.6. The second-order valence-electron chi connectivity index (χ2n) is 4.28. The molecular weight excluding hydrogens is 241 g/mol. The number of anilines is 1. The second kappa shape index (κ2) is 6.64. The van der Waals surface area contributed by atoms with Crippen molar-refractivity contribution in [3.63, 3.8) is 0 Å². The lowest BCUT2D eigenvalue weighted by Gasteiger charge is -2.26. The Bertz CT molecular complexity index is 363. The van der Waals surface area contributed by atoms with E-state index < -0.39 is 12.6 Å². The van der Waals surface area contributed by atoms with Crippen LogP contribution in [0.3, 0.4) is 0 Å². The molecule has 1 rings (SSSR count). The van der Waals surface area contributed by atoms with Gasteiger partial charge in [0, 0.05) is 18.8 Å². The van der Waals surface area contributed by atoms with E-state index in [4.69, 9.17) is 5.73 Å². The summed E-state index contributed by atoms with van der Waals surface area (Å²) in [6, 6.07) is 7.47. The number of hydrogen-bond acceptors (Lipinski definition) is 2. The first kappa shape index (κ1) is 14.8. The van der Waals surface area contributed by atoms with Crippen LogP contribution in [0.1, 0.15) is 18.4 Å². The Morgan fingerprint density at radius 3 is 2.39 bits per heavy atom. The van der Waals surface area contributed by atoms with E-state index in [1.807, 2.05) is 31.2 Å². The van der Waals surface area contributed by atoms with Crippen LogP contribution >= 0.6 is 0 Å². The minimum Gasteiger partial charge on any atom is -0.371 e. The molecule has 18 heavy (non-hydrogen) atoms. The highest BCUT2D eigenvalue weighted by Gasteiger charge is 2.27. The summed E-state index contributed by atoms with van der Waals surface area (Å²) >= 11 is 0. The number of rotatable bonds is 6. The van der Waals surface area contributed by atoms with E-state index in [0.29, 0.717) is 19.5 Å². The molecule has 0 aliphatic heterocycles. The van der Waals surface area contributed by atoms with Crippen LogP contribution in [-0.2, 0) is 0 Å². The summed E-state index contributed by atoms with van der Waals surface area (Å²) in [4.78, 5) is 1.76. The first-order chi connectivity index (χ1) is 8.44. The van der Waals surface area contributed by atoms with Crippen LogP contribution in [0.15, 0.2) is 24.3 Å². The highest BCUT2D eigenvalue weighted by atomic mass is 19.4. The van der Waals surface area contributed by atoms with Gasteiger partial charge in [0.05, 0.1) is 6.42 Å². The number of nitrogens with two attached hydrogens (primary N) is 1. The largest absolute Gasteiger partial charge is 0.390 e. The number of nitrogens with zero attached hydrogens (tertiary/aromatic N) is 1. The van der Waals surface area contributed by atoms with E-state index >= 15 is 0 Å². The molecule has 0 bridgehead atoms. The SMILES string of the molecule is Cc1ccccc1N(CCCN)CCC(F)(F)F. The van der Waals surface area contributed by atoms with Gasteiger partial charge in [-0.2, -0.15) is 13.2 Å². The fraction of sp³-hybridized carbons (Fsp3) is 0.538. The summed E-state index contributed by atoms with van der Waals surface area (Å²) in [5, 5.41) is 0. The molecule has 0 amide bonds. The lowest BCUT2D eigenvalue weighted by molar-refractivity contribution is -0.132. The summed E-state index contributed by atoms with van der Waals surface area (Å²) in [5.74, 6) is 0. The van der Waals surface area contributed by atoms with Crippen molar-refractivity contribution < 1.29 is 13.2 Å². The molecule has 0 fully saturated rings. The highest BCUT2D eigenvalue weighted by Crippen LogP contribution is 2.24. The third-order valence-electron chi connectivity index (χ3n) is 2.75. The molecule has 0 spiro atoms. The molecular formula is C13H19F3N2. The molecule has 5 heteroatoms. The van der Waals surface area contributed by atoms with Gasteiger partial charge < -0.3 is 10.6 Å². The van der Waals surface area contributed by atoms with Crippen LogP contribution in [0, 0.1) is 6.92 Å². The Balaban J connectivity index is 2.75. The van der Waals surface area contributed by atoms with Crippen LogP contribution in [0.25, 0.3) is 0 Å². The molecule has 2 N–H and O–H groups in total. The summed E-state index contributed by atoms with van der Waals surface area (Å²) in [6.07, 6.45) is -4.23. The van der Waals surface area contributed by atoms with Crippen molar-refractivity contribution in [3.05, 3.63) is 29.8 Å². The van der Waals surface area contributed by atoms with Crippen LogP contribution < -0.4 is 10.6 Å². The van der Waals surface area contributed by atoms with Gasteiger partial charge >= 0.3 is 6.18 Å². The van der Waals surface area contributed by atoms with E-state index in [0.717, 1.165) is 11.3 Å². The first-order valence-corrected chi connectivity index (χ1v) is 6.01. The van der Waals surface area contributed by atoms with E-state index in [1.165, 1.54) is 0 Å². The zero-order chi connectivity index (χ0) is 13.6. The van der Waals surface area contributed by atoms with Gasteiger partial charge in [0.15, 0.2) is 0 Å². The van der Waals surface area contributed by atoms with Crippen LogP contribution in [0.4, 0.5) is 18.9 Å². The molecule has 2 nitrogen and oxygen atoms in total. The lowest BCUT2D eigenvalue weighted by Crippen LogP contribution is -2.30. The number of benzene rings is 1. The van der Waals surface area contributed by atoms with Gasteiger partial charge in [-0.15, -0.1) is 0 Å². The summed E-state index contributed by atoms with van der Waals surface area (Å²) in [7, 11) is 0. The molecule has 1 aromatic rings. The maximum absolute atomic E-state index is 12.3. The molecule has 0 unspecified atom stereocenters. The number of para-hydroxylation sites is 1. The minimum atomic E-state index is -4.12. The molecule has 0 radical (unpaired) electrons. The molecule has 102 valence electrons. The van der Waals surface area contributed by atoms with Gasteiger partial charge in [-0.3, -0.25) is 0 Å². The fourth-order valence-electron chi connectivity index (χ4n) is 1.81. The molecule has 0 aliphatic rings. The molecule has 0 saturated heterocycles. The fourth-order valence-corrected chi connectivity index (χ4v) is 1.81. The van der Waals surface area contributed by atoms with Crippen molar-refractivity contribution in [2.24, 2.45) is 5.73 Å². The number of alkyl halides is 3. The monoisotopic (exact) mass is 260 g/mol. The van der Waals surface area contributed by atoms with E-state index in [1.54, 1.807) is 4.90 Å². The maximum Gasteiger partial charge on any atom is 0.390 e.